The molecule has 0 bridgehead atoms. The highest BCUT2D eigenvalue weighted by molar-refractivity contribution is 6.32. The van der Waals surface area contributed by atoms with Crippen LogP contribution in [0, 0.1) is 5.82 Å². The third kappa shape index (κ3) is 6.65. The molecule has 1 aliphatic rings. The number of nitrogens with one attached hydrogen (secondary N) is 2. The molecule has 0 saturated heterocycles. The number of carbonyl (C=O) groups excluding carboxylic acids is 2. The van der Waals surface area contributed by atoms with Crippen LogP contribution in [0.15, 0.2) is 36.4 Å². The van der Waals surface area contributed by atoms with E-state index in [-0.39, 0.29) is 35.8 Å². The van der Waals surface area contributed by atoms with Gasteiger partial charge in [0.05, 0.1) is 17.2 Å². The highest BCUT2D eigenvalue weighted by Gasteiger charge is 2.50. The van der Waals surface area contributed by atoms with Crippen molar-refractivity contribution in [2.75, 3.05) is 20.3 Å². The van der Waals surface area contributed by atoms with E-state index < -0.39 is 16.9 Å². The fourth-order valence-electron chi connectivity index (χ4n) is 4.19. The van der Waals surface area contributed by atoms with E-state index in [9.17, 15) is 14.0 Å². The number of carbonyl (C=O) groups is 2. The summed E-state index contributed by atoms with van der Waals surface area (Å²) in [6.07, 6.45) is 1.06. The molecular formula is C23H25Cl2FN2O5. The van der Waals surface area contributed by atoms with Crippen LogP contribution in [-0.2, 0) is 9.59 Å². The van der Waals surface area contributed by atoms with Gasteiger partial charge in [-0.3, -0.25) is 9.59 Å². The second-order valence-electron chi connectivity index (χ2n) is 8.52. The topological polar surface area (TPSA) is 85.9 Å². The monoisotopic (exact) mass is 498 g/mol. The van der Waals surface area contributed by atoms with Gasteiger partial charge < -0.3 is 24.8 Å². The van der Waals surface area contributed by atoms with Crippen LogP contribution in [0.5, 0.6) is 17.2 Å². The molecule has 1 saturated carbocycles. The number of halogens is 3. The molecule has 178 valence electrons. The van der Waals surface area contributed by atoms with E-state index in [1.54, 1.807) is 18.2 Å². The van der Waals surface area contributed by atoms with Gasteiger partial charge in [-0.1, -0.05) is 23.2 Å². The van der Waals surface area contributed by atoms with Crippen molar-refractivity contribution < 1.29 is 28.2 Å². The van der Waals surface area contributed by atoms with Crippen molar-refractivity contribution in [1.29, 1.82) is 0 Å². The minimum atomic E-state index is -0.619. The molecule has 0 aliphatic heterocycles. The highest BCUT2D eigenvalue weighted by atomic mass is 35.5. The Kier molecular flexibility index (Phi) is 7.59. The third-order valence-corrected chi connectivity index (χ3v) is 5.82. The molecule has 3 rings (SSSR count). The standard InChI is InChI=1S/C23H25Cl2FN2O5/c1-22(27-20(29)10-32-14-4-6-16(24)18(26)8-14)12-23(2,13-22)28-21(30)11-33-15-5-7-17(25)19(9-15)31-3/h4-9H,10-13H2,1-3H3,(H,27,29)(H,28,30). The number of ether oxygens (including phenoxy) is 3. The first-order valence-electron chi connectivity index (χ1n) is 10.2. The first-order valence-corrected chi connectivity index (χ1v) is 10.9. The fourth-order valence-corrected chi connectivity index (χ4v) is 4.50. The number of methoxy groups -OCH3 is 1. The molecule has 2 aromatic carbocycles. The molecule has 0 heterocycles. The maximum Gasteiger partial charge on any atom is 0.258 e. The van der Waals surface area contributed by atoms with Gasteiger partial charge in [-0.25, -0.2) is 4.39 Å². The van der Waals surface area contributed by atoms with Gasteiger partial charge in [-0.15, -0.1) is 0 Å². The van der Waals surface area contributed by atoms with Gasteiger partial charge in [0.1, 0.15) is 23.1 Å². The SMILES string of the molecule is COc1cc(OCC(=O)NC2(C)CC(C)(NC(=O)COc3ccc(Cl)c(F)c3)C2)ccc1Cl. The van der Waals surface area contributed by atoms with Crippen LogP contribution in [0.25, 0.3) is 0 Å². The first kappa shape index (κ1) is 24.9. The van der Waals surface area contributed by atoms with E-state index in [0.717, 1.165) is 6.07 Å². The molecule has 7 nitrogen and oxygen atoms in total. The quantitative estimate of drug-likeness (QED) is 0.542. The van der Waals surface area contributed by atoms with Crippen molar-refractivity contribution in [3.63, 3.8) is 0 Å². The summed E-state index contributed by atoms with van der Waals surface area (Å²) in [6.45, 7) is 3.35. The summed E-state index contributed by atoms with van der Waals surface area (Å²) in [5.74, 6) is -0.123. The molecule has 2 amide bonds. The van der Waals surface area contributed by atoms with Crippen LogP contribution in [-0.4, -0.2) is 43.2 Å². The third-order valence-electron chi connectivity index (χ3n) is 5.20. The van der Waals surface area contributed by atoms with Gasteiger partial charge in [0, 0.05) is 23.2 Å². The lowest BCUT2D eigenvalue weighted by molar-refractivity contribution is -0.129. The molecule has 1 aliphatic carbocycles. The summed E-state index contributed by atoms with van der Waals surface area (Å²) in [6, 6.07) is 8.85. The lowest BCUT2D eigenvalue weighted by Gasteiger charge is -2.53. The van der Waals surface area contributed by atoms with Gasteiger partial charge in [0.25, 0.3) is 11.8 Å². The van der Waals surface area contributed by atoms with E-state index in [0.29, 0.717) is 29.4 Å². The molecule has 1 fully saturated rings. The summed E-state index contributed by atoms with van der Waals surface area (Å²) in [7, 11) is 1.49. The van der Waals surface area contributed by atoms with Gasteiger partial charge in [-0.05, 0) is 51.0 Å². The van der Waals surface area contributed by atoms with E-state index in [1.807, 2.05) is 13.8 Å². The molecule has 0 spiro atoms. The summed E-state index contributed by atoms with van der Waals surface area (Å²) in [5.41, 5.74) is -0.988. The zero-order valence-electron chi connectivity index (χ0n) is 18.5. The molecule has 0 aromatic heterocycles. The highest BCUT2D eigenvalue weighted by Crippen LogP contribution is 2.41. The lowest BCUT2D eigenvalue weighted by atomic mass is 9.64. The molecule has 0 atom stereocenters. The van der Waals surface area contributed by atoms with Crippen molar-refractivity contribution in [2.45, 2.75) is 37.8 Å². The first-order chi connectivity index (χ1) is 15.5. The average molecular weight is 499 g/mol. The minimum absolute atomic E-state index is 0.0200. The number of hydrogen-bond acceptors (Lipinski definition) is 5. The zero-order valence-corrected chi connectivity index (χ0v) is 20.0. The van der Waals surface area contributed by atoms with Gasteiger partial charge in [-0.2, -0.15) is 0 Å². The van der Waals surface area contributed by atoms with Crippen molar-refractivity contribution >= 4 is 35.0 Å². The van der Waals surface area contributed by atoms with Crippen molar-refractivity contribution in [3.8, 4) is 17.2 Å². The Hall–Kier alpha value is -2.71. The molecule has 2 N–H and O–H groups in total. The Morgan fingerprint density at radius 1 is 0.909 bits per heavy atom. The smallest absolute Gasteiger partial charge is 0.258 e. The zero-order chi connectivity index (χ0) is 24.2. The Morgan fingerprint density at radius 2 is 1.39 bits per heavy atom. The number of hydrogen-bond donors (Lipinski definition) is 2. The number of amides is 2. The van der Waals surface area contributed by atoms with Crippen LogP contribution in [0.2, 0.25) is 10.0 Å². The van der Waals surface area contributed by atoms with Crippen molar-refractivity contribution in [3.05, 3.63) is 52.3 Å². The second kappa shape index (κ2) is 10.1. The van der Waals surface area contributed by atoms with E-state index in [4.69, 9.17) is 37.4 Å². The molecule has 0 unspecified atom stereocenters. The maximum absolute atomic E-state index is 13.5. The normalized spacial score (nSPS) is 21.5. The van der Waals surface area contributed by atoms with E-state index in [2.05, 4.69) is 10.6 Å². The van der Waals surface area contributed by atoms with Gasteiger partial charge in [0.15, 0.2) is 13.2 Å². The Balaban J connectivity index is 1.42. The van der Waals surface area contributed by atoms with Crippen molar-refractivity contribution in [2.24, 2.45) is 0 Å². The number of benzene rings is 2. The van der Waals surface area contributed by atoms with E-state index in [1.165, 1.54) is 19.2 Å². The predicted molar refractivity (Wildman–Crippen MR) is 123 cm³/mol. The molecule has 10 heteroatoms. The predicted octanol–water partition coefficient (Wildman–Crippen LogP) is 4.14. The summed E-state index contributed by atoms with van der Waals surface area (Å²) < 4.78 is 29.4. The van der Waals surface area contributed by atoms with Gasteiger partial charge >= 0.3 is 0 Å². The fraction of sp³-hybridized carbons (Fsp3) is 0.391. The minimum Gasteiger partial charge on any atom is -0.495 e. The summed E-state index contributed by atoms with van der Waals surface area (Å²) >= 11 is 11.6. The van der Waals surface area contributed by atoms with Crippen LogP contribution in [0.3, 0.4) is 0 Å². The van der Waals surface area contributed by atoms with Crippen LogP contribution < -0.4 is 24.8 Å². The Bertz CT molecular complexity index is 1040. The van der Waals surface area contributed by atoms with Crippen molar-refractivity contribution in [1.82, 2.24) is 10.6 Å². The Morgan fingerprint density at radius 3 is 1.88 bits per heavy atom. The largest absolute Gasteiger partial charge is 0.495 e. The maximum atomic E-state index is 13.5. The molecular weight excluding hydrogens is 474 g/mol. The molecule has 0 radical (unpaired) electrons. The Labute approximate surface area is 201 Å². The average Bonchev–Trinajstić information content (AvgIpc) is 2.72. The van der Waals surface area contributed by atoms with Crippen LogP contribution >= 0.6 is 23.2 Å². The number of rotatable bonds is 9. The summed E-state index contributed by atoms with van der Waals surface area (Å²) in [5, 5.41) is 6.27. The van der Waals surface area contributed by atoms with Crippen LogP contribution in [0.1, 0.15) is 26.7 Å². The van der Waals surface area contributed by atoms with Gasteiger partial charge in [0.2, 0.25) is 0 Å². The van der Waals surface area contributed by atoms with Crippen LogP contribution in [0.4, 0.5) is 4.39 Å². The van der Waals surface area contributed by atoms with E-state index >= 15 is 0 Å². The molecule has 33 heavy (non-hydrogen) atoms. The lowest BCUT2D eigenvalue weighted by Crippen LogP contribution is -2.69. The second-order valence-corrected chi connectivity index (χ2v) is 9.34. The summed E-state index contributed by atoms with van der Waals surface area (Å²) in [4.78, 5) is 24.6. The molecule has 2 aromatic rings.